The molecule has 24 heavy (non-hydrogen) atoms. The van der Waals surface area contributed by atoms with Crippen molar-refractivity contribution >= 4 is 64.6 Å². The Labute approximate surface area is 173 Å². The number of hydrogen-bond donors (Lipinski definition) is 2. The van der Waals surface area contributed by atoms with E-state index in [1.807, 2.05) is 31.2 Å². The van der Waals surface area contributed by atoms with Gasteiger partial charge in [0, 0.05) is 47.6 Å². The highest BCUT2D eigenvalue weighted by atomic mass is 127. The molecule has 0 aliphatic rings. The van der Waals surface area contributed by atoms with Crippen LogP contribution in [0.15, 0.2) is 39.5 Å². The summed E-state index contributed by atoms with van der Waals surface area (Å²) in [5.41, 5.74) is 1.13. The van der Waals surface area contributed by atoms with Crippen LogP contribution in [0.25, 0.3) is 0 Å². The third kappa shape index (κ3) is 8.04. The van der Waals surface area contributed by atoms with Gasteiger partial charge in [0.1, 0.15) is 0 Å². The van der Waals surface area contributed by atoms with Gasteiger partial charge in [0.2, 0.25) is 0 Å². The van der Waals surface area contributed by atoms with E-state index in [0.29, 0.717) is 0 Å². The van der Waals surface area contributed by atoms with E-state index in [1.54, 1.807) is 30.1 Å². The van der Waals surface area contributed by atoms with E-state index in [2.05, 4.69) is 26.0 Å². The van der Waals surface area contributed by atoms with E-state index in [0.717, 1.165) is 46.9 Å². The summed E-state index contributed by atoms with van der Waals surface area (Å²) in [4.78, 5) is 9.90. The van der Waals surface area contributed by atoms with Crippen molar-refractivity contribution in [3.05, 3.63) is 45.4 Å². The quantitative estimate of drug-likeness (QED) is 0.198. The third-order valence-electron chi connectivity index (χ3n) is 3.04. The van der Waals surface area contributed by atoms with Crippen LogP contribution < -0.4 is 10.6 Å². The predicted molar refractivity (Wildman–Crippen MR) is 118 cm³/mol. The second-order valence-corrected chi connectivity index (χ2v) is 7.50. The van der Waals surface area contributed by atoms with Gasteiger partial charge in [-0.1, -0.05) is 11.6 Å². The topological polar surface area (TPSA) is 49.3 Å². The zero-order valence-electron chi connectivity index (χ0n) is 13.7. The lowest BCUT2D eigenvalue weighted by molar-refractivity contribution is 0.800. The first-order valence-corrected chi connectivity index (χ1v) is 9.65. The standard InChI is InChI=1S/C16H21ClN4S2.HI/c1-12-21-14(11-23-12)7-8-19-16(18-2)20-9-10-22-15-5-3-13(17)4-6-15;/h3-6,11H,7-10H2,1-2H3,(H2,18,19,20);1H. The number of aryl methyl sites for hydroxylation is 1. The molecule has 1 heterocycles. The molecule has 0 saturated heterocycles. The molecule has 0 saturated carbocycles. The molecule has 8 heteroatoms. The molecule has 0 atom stereocenters. The van der Waals surface area contributed by atoms with Crippen LogP contribution in [0, 0.1) is 6.92 Å². The molecule has 1 aromatic carbocycles. The lowest BCUT2D eigenvalue weighted by Gasteiger charge is -2.11. The van der Waals surface area contributed by atoms with Crippen molar-refractivity contribution in [3.8, 4) is 0 Å². The molecular formula is C16H22ClIN4S2. The molecule has 0 unspecified atom stereocenters. The maximum absolute atomic E-state index is 5.88. The number of nitrogens with one attached hydrogen (secondary N) is 2. The molecule has 4 nitrogen and oxygen atoms in total. The van der Waals surface area contributed by atoms with Gasteiger partial charge < -0.3 is 10.6 Å². The summed E-state index contributed by atoms with van der Waals surface area (Å²) in [6, 6.07) is 7.90. The van der Waals surface area contributed by atoms with Gasteiger partial charge in [0.05, 0.1) is 10.7 Å². The fourth-order valence-corrected chi connectivity index (χ4v) is 3.46. The van der Waals surface area contributed by atoms with Crippen LogP contribution in [-0.2, 0) is 6.42 Å². The number of benzene rings is 1. The van der Waals surface area contributed by atoms with E-state index < -0.39 is 0 Å². The van der Waals surface area contributed by atoms with Crippen molar-refractivity contribution in [1.29, 1.82) is 0 Å². The summed E-state index contributed by atoms with van der Waals surface area (Å²) in [6.07, 6.45) is 0.907. The van der Waals surface area contributed by atoms with Crippen LogP contribution in [0.2, 0.25) is 5.02 Å². The van der Waals surface area contributed by atoms with Crippen LogP contribution in [0.4, 0.5) is 0 Å². The molecule has 0 spiro atoms. The number of halogens is 2. The Morgan fingerprint density at radius 1 is 1.25 bits per heavy atom. The van der Waals surface area contributed by atoms with Gasteiger partial charge in [0.15, 0.2) is 5.96 Å². The molecule has 0 bridgehead atoms. The molecule has 0 amide bonds. The molecule has 2 N–H and O–H groups in total. The van der Waals surface area contributed by atoms with E-state index >= 15 is 0 Å². The third-order valence-corrected chi connectivity index (χ3v) is 5.13. The van der Waals surface area contributed by atoms with Gasteiger partial charge in [-0.2, -0.15) is 0 Å². The van der Waals surface area contributed by atoms with Gasteiger partial charge in [-0.15, -0.1) is 47.1 Å². The first-order chi connectivity index (χ1) is 11.2. The number of aliphatic imine (C=N–C) groups is 1. The second kappa shape index (κ2) is 11.9. The number of rotatable bonds is 7. The van der Waals surface area contributed by atoms with Gasteiger partial charge in [0.25, 0.3) is 0 Å². The van der Waals surface area contributed by atoms with Gasteiger partial charge in [-0.25, -0.2) is 4.98 Å². The first-order valence-electron chi connectivity index (χ1n) is 7.41. The minimum atomic E-state index is 0. The Bertz CT molecular complexity index is 631. The van der Waals surface area contributed by atoms with E-state index in [1.165, 1.54) is 4.90 Å². The Hall–Kier alpha value is -0.510. The average Bonchev–Trinajstić information content (AvgIpc) is 2.97. The zero-order valence-corrected chi connectivity index (χ0v) is 18.4. The van der Waals surface area contributed by atoms with Crippen LogP contribution in [0.5, 0.6) is 0 Å². The summed E-state index contributed by atoms with van der Waals surface area (Å²) in [5.74, 6) is 1.79. The van der Waals surface area contributed by atoms with Gasteiger partial charge >= 0.3 is 0 Å². The fourth-order valence-electron chi connectivity index (χ4n) is 1.92. The predicted octanol–water partition coefficient (Wildman–Crippen LogP) is 4.22. The summed E-state index contributed by atoms with van der Waals surface area (Å²) < 4.78 is 0. The zero-order chi connectivity index (χ0) is 16.5. The Kier molecular flexibility index (Phi) is 10.7. The molecule has 132 valence electrons. The van der Waals surface area contributed by atoms with Crippen molar-refractivity contribution in [2.45, 2.75) is 18.2 Å². The summed E-state index contributed by atoms with van der Waals surface area (Å²) in [6.45, 7) is 3.70. The number of hydrogen-bond acceptors (Lipinski definition) is 4. The van der Waals surface area contributed by atoms with E-state index in [4.69, 9.17) is 11.6 Å². The SMILES string of the molecule is CN=C(NCCSc1ccc(Cl)cc1)NCCc1csc(C)n1.I. The van der Waals surface area contributed by atoms with Crippen molar-refractivity contribution in [3.63, 3.8) is 0 Å². The molecule has 0 aliphatic carbocycles. The summed E-state index contributed by atoms with van der Waals surface area (Å²) >= 11 is 9.36. The lowest BCUT2D eigenvalue weighted by Crippen LogP contribution is -2.39. The Balaban J connectivity index is 0.00000288. The molecule has 2 rings (SSSR count). The van der Waals surface area contributed by atoms with Crippen molar-refractivity contribution in [2.24, 2.45) is 4.99 Å². The lowest BCUT2D eigenvalue weighted by atomic mass is 10.3. The van der Waals surface area contributed by atoms with Crippen LogP contribution in [0.3, 0.4) is 0 Å². The van der Waals surface area contributed by atoms with E-state index in [-0.39, 0.29) is 24.0 Å². The van der Waals surface area contributed by atoms with Crippen LogP contribution in [-0.4, -0.2) is 36.8 Å². The highest BCUT2D eigenvalue weighted by Crippen LogP contribution is 2.19. The smallest absolute Gasteiger partial charge is 0.191 e. The van der Waals surface area contributed by atoms with E-state index in [9.17, 15) is 0 Å². The summed E-state index contributed by atoms with van der Waals surface area (Å²) in [5, 5.41) is 10.6. The largest absolute Gasteiger partial charge is 0.356 e. The van der Waals surface area contributed by atoms with Crippen LogP contribution >= 0.6 is 58.7 Å². The number of guanidine groups is 1. The minimum absolute atomic E-state index is 0. The first kappa shape index (κ1) is 21.5. The van der Waals surface area contributed by atoms with Crippen molar-refractivity contribution < 1.29 is 0 Å². The average molecular weight is 497 g/mol. The number of thiazole rings is 1. The maximum Gasteiger partial charge on any atom is 0.191 e. The van der Waals surface area contributed by atoms with Gasteiger partial charge in [-0.3, -0.25) is 4.99 Å². The number of nitrogens with zero attached hydrogens (tertiary/aromatic N) is 2. The normalized spacial score (nSPS) is 11.0. The monoisotopic (exact) mass is 496 g/mol. The van der Waals surface area contributed by atoms with Crippen molar-refractivity contribution in [1.82, 2.24) is 15.6 Å². The second-order valence-electron chi connectivity index (χ2n) is 4.84. The fraction of sp³-hybridized carbons (Fsp3) is 0.375. The molecule has 1 aromatic heterocycles. The Morgan fingerprint density at radius 3 is 2.58 bits per heavy atom. The molecule has 0 fully saturated rings. The molecular weight excluding hydrogens is 475 g/mol. The minimum Gasteiger partial charge on any atom is -0.356 e. The molecule has 2 aromatic rings. The maximum atomic E-state index is 5.88. The molecule has 0 radical (unpaired) electrons. The highest BCUT2D eigenvalue weighted by Gasteiger charge is 2.01. The number of aromatic nitrogens is 1. The van der Waals surface area contributed by atoms with Gasteiger partial charge in [-0.05, 0) is 31.2 Å². The number of thioether (sulfide) groups is 1. The highest BCUT2D eigenvalue weighted by molar-refractivity contribution is 14.0. The molecule has 0 aliphatic heterocycles. The Morgan fingerprint density at radius 2 is 1.96 bits per heavy atom. The van der Waals surface area contributed by atoms with Crippen molar-refractivity contribution in [2.75, 3.05) is 25.9 Å². The van der Waals surface area contributed by atoms with Crippen LogP contribution in [0.1, 0.15) is 10.7 Å². The summed E-state index contributed by atoms with van der Waals surface area (Å²) in [7, 11) is 1.79.